The van der Waals surface area contributed by atoms with Crippen LogP contribution in [0, 0.1) is 6.92 Å². The van der Waals surface area contributed by atoms with Crippen molar-refractivity contribution in [3.05, 3.63) is 44.6 Å². The van der Waals surface area contributed by atoms with Gasteiger partial charge in [0, 0.05) is 17.1 Å². The zero-order chi connectivity index (χ0) is 15.5. The van der Waals surface area contributed by atoms with Gasteiger partial charge in [0.25, 0.3) is 10.0 Å². The van der Waals surface area contributed by atoms with Crippen molar-refractivity contribution < 1.29 is 8.42 Å². The smallest absolute Gasteiger partial charge is 0.263 e. The Morgan fingerprint density at radius 2 is 2.05 bits per heavy atom. The van der Waals surface area contributed by atoms with Gasteiger partial charge in [-0.1, -0.05) is 19.1 Å². The third kappa shape index (κ3) is 4.29. The normalized spacial score (nSPS) is 11.6. The Labute approximate surface area is 137 Å². The minimum atomic E-state index is -3.58. The van der Waals surface area contributed by atoms with Crippen molar-refractivity contribution in [1.82, 2.24) is 5.32 Å². The molecular formula is C14H17BrN2O2S2. The molecule has 0 saturated heterocycles. The molecule has 7 heteroatoms. The maximum atomic E-state index is 12.5. The lowest BCUT2D eigenvalue weighted by molar-refractivity contribution is 0.601. The van der Waals surface area contributed by atoms with E-state index < -0.39 is 10.0 Å². The molecule has 0 aliphatic heterocycles. The second kappa shape index (κ2) is 6.91. The molecule has 2 N–H and O–H groups in total. The number of nitrogens with one attached hydrogen (secondary N) is 2. The van der Waals surface area contributed by atoms with E-state index in [9.17, 15) is 8.42 Å². The van der Waals surface area contributed by atoms with Crippen molar-refractivity contribution in [1.29, 1.82) is 0 Å². The summed E-state index contributed by atoms with van der Waals surface area (Å²) in [5.74, 6) is 0. The average molecular weight is 389 g/mol. The Morgan fingerprint density at radius 1 is 1.29 bits per heavy atom. The van der Waals surface area contributed by atoms with E-state index in [0.29, 0.717) is 16.0 Å². The molecule has 0 bridgehead atoms. The van der Waals surface area contributed by atoms with E-state index in [1.165, 1.54) is 11.3 Å². The number of halogens is 1. The fraction of sp³-hybridized carbons (Fsp3) is 0.286. The molecule has 0 spiro atoms. The van der Waals surface area contributed by atoms with Crippen LogP contribution in [0.25, 0.3) is 0 Å². The van der Waals surface area contributed by atoms with Crippen LogP contribution in [0.4, 0.5) is 5.69 Å². The van der Waals surface area contributed by atoms with Gasteiger partial charge >= 0.3 is 0 Å². The summed E-state index contributed by atoms with van der Waals surface area (Å²) in [5, 5.41) is 3.19. The summed E-state index contributed by atoms with van der Waals surface area (Å²) in [5.41, 5.74) is 1.58. The highest BCUT2D eigenvalue weighted by molar-refractivity contribution is 9.11. The molecule has 0 fully saturated rings. The van der Waals surface area contributed by atoms with Gasteiger partial charge in [-0.2, -0.15) is 0 Å². The van der Waals surface area contributed by atoms with Crippen LogP contribution in [0.15, 0.2) is 39.0 Å². The Bertz CT molecular complexity index is 726. The van der Waals surface area contributed by atoms with Crippen LogP contribution in [0.2, 0.25) is 0 Å². The van der Waals surface area contributed by atoms with Gasteiger partial charge in [-0.05, 0) is 53.2 Å². The number of hydrogen-bond donors (Lipinski definition) is 2. The lowest BCUT2D eigenvalue weighted by Crippen LogP contribution is -2.13. The van der Waals surface area contributed by atoms with Crippen LogP contribution in [-0.2, 0) is 16.6 Å². The molecule has 114 valence electrons. The molecule has 1 heterocycles. The number of hydrogen-bond acceptors (Lipinski definition) is 4. The second-order valence-corrected chi connectivity index (χ2v) is 8.71. The zero-order valence-electron chi connectivity index (χ0n) is 11.8. The fourth-order valence-corrected chi connectivity index (χ4v) is 5.54. The summed E-state index contributed by atoms with van der Waals surface area (Å²) in [4.78, 5) is 1.26. The van der Waals surface area contributed by atoms with Gasteiger partial charge in [0.15, 0.2) is 0 Å². The fourth-order valence-electron chi connectivity index (χ4n) is 1.84. The molecule has 0 unspecified atom stereocenters. The molecule has 0 saturated carbocycles. The summed E-state index contributed by atoms with van der Waals surface area (Å²) in [6.45, 7) is 5.45. The summed E-state index contributed by atoms with van der Waals surface area (Å²) in [6.07, 6.45) is 0. The number of aryl methyl sites for hydroxylation is 1. The Kier molecular flexibility index (Phi) is 5.43. The Balaban J connectivity index is 2.25. The topological polar surface area (TPSA) is 58.2 Å². The van der Waals surface area contributed by atoms with Crippen molar-refractivity contribution in [2.75, 3.05) is 11.3 Å². The molecule has 1 aromatic heterocycles. The van der Waals surface area contributed by atoms with Gasteiger partial charge in [0.1, 0.15) is 4.90 Å². The minimum Gasteiger partial charge on any atom is -0.312 e. The Morgan fingerprint density at radius 3 is 2.71 bits per heavy atom. The molecule has 2 aromatic rings. The summed E-state index contributed by atoms with van der Waals surface area (Å²) in [7, 11) is -3.58. The zero-order valence-corrected chi connectivity index (χ0v) is 15.0. The number of thiophene rings is 1. The molecule has 0 radical (unpaired) electrons. The number of sulfonamides is 1. The number of benzene rings is 1. The standard InChI is InChI=1S/C14H17BrN2O2S2/c1-3-16-9-12-8-13(14(15)20-12)21(18,19)17-11-6-4-5-10(2)7-11/h4-8,16-17H,3,9H2,1-2H3. The van der Waals surface area contributed by atoms with Crippen molar-refractivity contribution in [3.8, 4) is 0 Å². The second-order valence-electron chi connectivity index (χ2n) is 4.61. The highest BCUT2D eigenvalue weighted by atomic mass is 79.9. The third-order valence-electron chi connectivity index (χ3n) is 2.82. The van der Waals surface area contributed by atoms with Gasteiger partial charge in [0.05, 0.1) is 3.79 Å². The maximum Gasteiger partial charge on any atom is 0.263 e. The van der Waals surface area contributed by atoms with E-state index >= 15 is 0 Å². The predicted molar refractivity (Wildman–Crippen MR) is 91.4 cm³/mol. The molecule has 0 amide bonds. The summed E-state index contributed by atoms with van der Waals surface area (Å²) < 4.78 is 28.2. The van der Waals surface area contributed by atoms with Gasteiger partial charge < -0.3 is 5.32 Å². The SMILES string of the molecule is CCNCc1cc(S(=O)(=O)Nc2cccc(C)c2)c(Br)s1. The maximum absolute atomic E-state index is 12.5. The van der Waals surface area contributed by atoms with Gasteiger partial charge in [-0.15, -0.1) is 11.3 Å². The molecule has 0 atom stereocenters. The molecule has 4 nitrogen and oxygen atoms in total. The minimum absolute atomic E-state index is 0.280. The van der Waals surface area contributed by atoms with Crippen LogP contribution in [0.1, 0.15) is 17.4 Å². The van der Waals surface area contributed by atoms with Gasteiger partial charge in [-0.3, -0.25) is 4.72 Å². The van der Waals surface area contributed by atoms with Crippen LogP contribution in [0.3, 0.4) is 0 Å². The molecule has 21 heavy (non-hydrogen) atoms. The quantitative estimate of drug-likeness (QED) is 0.792. The monoisotopic (exact) mass is 388 g/mol. The van der Waals surface area contributed by atoms with E-state index in [-0.39, 0.29) is 4.90 Å². The van der Waals surface area contributed by atoms with E-state index in [0.717, 1.165) is 17.0 Å². The lowest BCUT2D eigenvalue weighted by Gasteiger charge is -2.07. The highest BCUT2D eigenvalue weighted by Gasteiger charge is 2.21. The first-order chi connectivity index (χ1) is 9.92. The van der Waals surface area contributed by atoms with E-state index in [1.54, 1.807) is 18.2 Å². The first-order valence-electron chi connectivity index (χ1n) is 6.51. The first kappa shape index (κ1) is 16.5. The summed E-state index contributed by atoms with van der Waals surface area (Å²) in [6, 6.07) is 9.00. The molecule has 0 aliphatic carbocycles. The van der Waals surface area contributed by atoms with Crippen molar-refractivity contribution >= 4 is 43.0 Å². The summed E-state index contributed by atoms with van der Waals surface area (Å²) >= 11 is 4.77. The molecular weight excluding hydrogens is 372 g/mol. The van der Waals surface area contributed by atoms with Crippen LogP contribution in [0.5, 0.6) is 0 Å². The molecule has 2 rings (SSSR count). The Hall–Kier alpha value is -0.890. The molecule has 0 aliphatic rings. The van der Waals surface area contributed by atoms with Crippen LogP contribution >= 0.6 is 27.3 Å². The highest BCUT2D eigenvalue weighted by Crippen LogP contribution is 2.32. The van der Waals surface area contributed by atoms with Crippen LogP contribution < -0.4 is 10.0 Å². The van der Waals surface area contributed by atoms with E-state index in [2.05, 4.69) is 26.0 Å². The third-order valence-corrected chi connectivity index (χ3v) is 6.45. The van der Waals surface area contributed by atoms with Crippen molar-refractivity contribution in [2.45, 2.75) is 25.3 Å². The van der Waals surface area contributed by atoms with Crippen molar-refractivity contribution in [3.63, 3.8) is 0 Å². The van der Waals surface area contributed by atoms with Crippen molar-refractivity contribution in [2.24, 2.45) is 0 Å². The molecule has 1 aromatic carbocycles. The largest absolute Gasteiger partial charge is 0.312 e. The number of rotatable bonds is 6. The van der Waals surface area contributed by atoms with Gasteiger partial charge in [-0.25, -0.2) is 8.42 Å². The predicted octanol–water partition coefficient (Wildman–Crippen LogP) is 3.73. The van der Waals surface area contributed by atoms with E-state index in [4.69, 9.17) is 0 Å². The van der Waals surface area contributed by atoms with Gasteiger partial charge in [0.2, 0.25) is 0 Å². The van der Waals surface area contributed by atoms with E-state index in [1.807, 2.05) is 26.0 Å². The lowest BCUT2D eigenvalue weighted by atomic mass is 10.2. The van der Waals surface area contributed by atoms with Crippen LogP contribution in [-0.4, -0.2) is 15.0 Å². The first-order valence-corrected chi connectivity index (χ1v) is 9.60. The average Bonchev–Trinajstić information content (AvgIpc) is 2.78. The number of anilines is 1.